The monoisotopic (exact) mass is 117 g/mol. The van der Waals surface area contributed by atoms with Gasteiger partial charge >= 0.3 is 0 Å². The molecule has 0 aromatic heterocycles. The average molecular weight is 117 g/mol. The van der Waals surface area contributed by atoms with Crippen LogP contribution in [0.3, 0.4) is 0 Å². The molecule has 0 spiro atoms. The molecule has 1 N–H and O–H groups in total. The third-order valence-electron chi connectivity index (χ3n) is 1.28. The van der Waals surface area contributed by atoms with Crippen LogP contribution in [0.2, 0.25) is 0 Å². The van der Waals surface area contributed by atoms with E-state index in [0.29, 0.717) is 13.0 Å². The molecule has 0 aliphatic carbocycles. The predicted octanol–water partition coefficient (Wildman–Crippen LogP) is 0.0920. The van der Waals surface area contributed by atoms with Gasteiger partial charge in [-0.25, -0.2) is 0 Å². The van der Waals surface area contributed by atoms with Gasteiger partial charge in [0.2, 0.25) is 5.91 Å². The fourth-order valence-electron chi connectivity index (χ4n) is 0.774. The van der Waals surface area contributed by atoms with Crippen LogP contribution in [0.15, 0.2) is 0 Å². The summed E-state index contributed by atoms with van der Waals surface area (Å²) in [6.45, 7) is 0.147. The molecule has 1 fully saturated rings. The summed E-state index contributed by atoms with van der Waals surface area (Å²) in [6, 6.07) is 0. The highest BCUT2D eigenvalue weighted by Crippen LogP contribution is 2.07. The first kappa shape index (κ1) is 5.54. The molecular weight excluding hydrogens is 109 g/mol. The maximum atomic E-state index is 11.7. The molecule has 3 heteroatoms. The molecule has 0 bridgehead atoms. The van der Waals surface area contributed by atoms with E-state index in [1.54, 1.807) is 0 Å². The highest BCUT2D eigenvalue weighted by atomic mass is 19.1. The summed E-state index contributed by atoms with van der Waals surface area (Å²) in [7, 11) is 0. The van der Waals surface area contributed by atoms with Gasteiger partial charge in [-0.05, 0) is 0 Å². The average Bonchev–Trinajstić information content (AvgIpc) is 2.14. The SMILES string of the molecule is O=C1C[C@@H](CF)CN1. The van der Waals surface area contributed by atoms with E-state index in [1.165, 1.54) is 0 Å². The summed E-state index contributed by atoms with van der Waals surface area (Å²) < 4.78 is 11.7. The molecule has 1 aliphatic rings. The lowest BCUT2D eigenvalue weighted by molar-refractivity contribution is -0.119. The molecular formula is C5H8FNO. The van der Waals surface area contributed by atoms with Crippen LogP contribution >= 0.6 is 0 Å². The van der Waals surface area contributed by atoms with Crippen LogP contribution in [0, 0.1) is 5.92 Å². The number of rotatable bonds is 1. The van der Waals surface area contributed by atoms with Crippen LogP contribution in [-0.4, -0.2) is 19.1 Å². The van der Waals surface area contributed by atoms with Crippen LogP contribution in [0.1, 0.15) is 6.42 Å². The maximum Gasteiger partial charge on any atom is 0.220 e. The first-order valence-corrected chi connectivity index (χ1v) is 2.65. The molecule has 0 aromatic rings. The molecule has 1 rings (SSSR count). The molecule has 0 saturated carbocycles. The molecule has 1 aliphatic heterocycles. The zero-order valence-electron chi connectivity index (χ0n) is 4.48. The highest BCUT2D eigenvalue weighted by Gasteiger charge is 2.20. The molecule has 0 aromatic carbocycles. The largest absolute Gasteiger partial charge is 0.356 e. The second-order valence-corrected chi connectivity index (χ2v) is 2.03. The van der Waals surface area contributed by atoms with Crippen LogP contribution < -0.4 is 5.32 Å². The van der Waals surface area contributed by atoms with Crippen molar-refractivity contribution in [3.8, 4) is 0 Å². The van der Waals surface area contributed by atoms with Crippen molar-refractivity contribution in [1.82, 2.24) is 5.32 Å². The lowest BCUT2D eigenvalue weighted by Gasteiger charge is -1.94. The van der Waals surface area contributed by atoms with Gasteiger partial charge in [0.15, 0.2) is 0 Å². The van der Waals surface area contributed by atoms with Gasteiger partial charge < -0.3 is 5.32 Å². The van der Waals surface area contributed by atoms with Crippen molar-refractivity contribution in [3.05, 3.63) is 0 Å². The molecule has 1 saturated heterocycles. The van der Waals surface area contributed by atoms with Crippen molar-refractivity contribution in [2.24, 2.45) is 5.92 Å². The molecule has 2 nitrogen and oxygen atoms in total. The van der Waals surface area contributed by atoms with Crippen molar-refractivity contribution in [3.63, 3.8) is 0 Å². The van der Waals surface area contributed by atoms with Crippen molar-refractivity contribution < 1.29 is 9.18 Å². The first-order chi connectivity index (χ1) is 3.83. The minimum absolute atomic E-state index is 0.0207. The van der Waals surface area contributed by atoms with Crippen LogP contribution in [0.25, 0.3) is 0 Å². The Morgan fingerprint density at radius 3 is 2.88 bits per heavy atom. The topological polar surface area (TPSA) is 29.1 Å². The van der Waals surface area contributed by atoms with Crippen LogP contribution in [0.4, 0.5) is 4.39 Å². The quantitative estimate of drug-likeness (QED) is 0.518. The Bertz CT molecular complexity index is 105. The highest BCUT2D eigenvalue weighted by molar-refractivity contribution is 5.78. The van der Waals surface area contributed by atoms with E-state index in [0.717, 1.165) is 0 Å². The number of carbonyl (C=O) groups excluding carboxylic acids is 1. The van der Waals surface area contributed by atoms with Gasteiger partial charge in [-0.1, -0.05) is 0 Å². The van der Waals surface area contributed by atoms with E-state index in [-0.39, 0.29) is 18.5 Å². The third-order valence-corrected chi connectivity index (χ3v) is 1.28. The summed E-state index contributed by atoms with van der Waals surface area (Å²) in [4.78, 5) is 10.3. The van der Waals surface area contributed by atoms with Crippen molar-refractivity contribution in [2.75, 3.05) is 13.2 Å². The standard InChI is InChI=1S/C5H8FNO/c6-2-4-1-5(8)7-3-4/h4H,1-3H2,(H,7,8)/t4-/m0/s1. The van der Waals surface area contributed by atoms with E-state index in [2.05, 4.69) is 5.32 Å². The second-order valence-electron chi connectivity index (χ2n) is 2.03. The van der Waals surface area contributed by atoms with Gasteiger partial charge in [-0.15, -0.1) is 0 Å². The fourth-order valence-corrected chi connectivity index (χ4v) is 0.774. The van der Waals surface area contributed by atoms with E-state index in [4.69, 9.17) is 0 Å². The Balaban J connectivity index is 2.32. The normalized spacial score (nSPS) is 28.1. The number of nitrogens with one attached hydrogen (secondary N) is 1. The minimum atomic E-state index is -0.376. The smallest absolute Gasteiger partial charge is 0.220 e. The molecule has 1 heterocycles. The predicted molar refractivity (Wildman–Crippen MR) is 27.1 cm³/mol. The molecule has 1 atom stereocenters. The van der Waals surface area contributed by atoms with Crippen molar-refractivity contribution in [2.45, 2.75) is 6.42 Å². The molecule has 0 radical (unpaired) electrons. The lowest BCUT2D eigenvalue weighted by Crippen LogP contribution is -2.14. The second kappa shape index (κ2) is 2.11. The molecule has 0 unspecified atom stereocenters. The van der Waals surface area contributed by atoms with Gasteiger partial charge in [-0.2, -0.15) is 0 Å². The first-order valence-electron chi connectivity index (χ1n) is 2.65. The fraction of sp³-hybridized carbons (Fsp3) is 0.800. The van der Waals surface area contributed by atoms with Gasteiger partial charge in [0, 0.05) is 18.9 Å². The van der Waals surface area contributed by atoms with Gasteiger partial charge in [0.1, 0.15) is 0 Å². The Kier molecular flexibility index (Phi) is 1.46. The number of hydrogen-bond donors (Lipinski definition) is 1. The van der Waals surface area contributed by atoms with Crippen molar-refractivity contribution >= 4 is 5.91 Å². The van der Waals surface area contributed by atoms with Crippen LogP contribution in [-0.2, 0) is 4.79 Å². The summed E-state index contributed by atoms with van der Waals surface area (Å²) in [5, 5.41) is 2.54. The Morgan fingerprint density at radius 1 is 1.88 bits per heavy atom. The Labute approximate surface area is 47.1 Å². The molecule has 8 heavy (non-hydrogen) atoms. The molecule has 46 valence electrons. The summed E-state index contributed by atoms with van der Waals surface area (Å²) in [5.41, 5.74) is 0. The van der Waals surface area contributed by atoms with E-state index in [9.17, 15) is 9.18 Å². The maximum absolute atomic E-state index is 11.7. The van der Waals surface area contributed by atoms with Gasteiger partial charge in [0.05, 0.1) is 6.67 Å². The van der Waals surface area contributed by atoms with Gasteiger partial charge in [-0.3, -0.25) is 9.18 Å². The summed E-state index contributed by atoms with van der Waals surface area (Å²) >= 11 is 0. The Morgan fingerprint density at radius 2 is 2.62 bits per heavy atom. The molecule has 1 amide bonds. The number of halogens is 1. The third kappa shape index (κ3) is 0.967. The number of amides is 1. The zero-order chi connectivity index (χ0) is 5.98. The number of hydrogen-bond acceptors (Lipinski definition) is 1. The zero-order valence-corrected chi connectivity index (χ0v) is 4.48. The number of carbonyl (C=O) groups is 1. The lowest BCUT2D eigenvalue weighted by atomic mass is 10.1. The van der Waals surface area contributed by atoms with Crippen LogP contribution in [0.5, 0.6) is 0 Å². The number of alkyl halides is 1. The summed E-state index contributed by atoms with van der Waals surface area (Å²) in [6.07, 6.45) is 0.372. The van der Waals surface area contributed by atoms with Crippen molar-refractivity contribution in [1.29, 1.82) is 0 Å². The minimum Gasteiger partial charge on any atom is -0.356 e. The summed E-state index contributed by atoms with van der Waals surface area (Å²) in [5.74, 6) is -0.0739. The van der Waals surface area contributed by atoms with E-state index < -0.39 is 0 Å². The van der Waals surface area contributed by atoms with E-state index >= 15 is 0 Å². The Hall–Kier alpha value is -0.600. The van der Waals surface area contributed by atoms with E-state index in [1.807, 2.05) is 0 Å². The van der Waals surface area contributed by atoms with Gasteiger partial charge in [0.25, 0.3) is 0 Å².